The highest BCUT2D eigenvalue weighted by Gasteiger charge is 2.13. The number of nitriles is 1. The lowest BCUT2D eigenvalue weighted by Gasteiger charge is -2.16. The number of nitrogens with one attached hydrogen (secondary N) is 1. The molecule has 0 heterocycles. The summed E-state index contributed by atoms with van der Waals surface area (Å²) in [6, 6.07) is 14.4. The number of benzene rings is 2. The minimum absolute atomic E-state index is 0.0248. The number of hydrogen-bond donors (Lipinski definition) is 2. The molecule has 0 saturated heterocycles. The third-order valence-electron chi connectivity index (χ3n) is 3.11. The van der Waals surface area contributed by atoms with Crippen LogP contribution in [0.1, 0.15) is 17.2 Å². The van der Waals surface area contributed by atoms with E-state index in [1.807, 2.05) is 31.2 Å². The highest BCUT2D eigenvalue weighted by molar-refractivity contribution is 5.54. The van der Waals surface area contributed by atoms with Gasteiger partial charge in [0.1, 0.15) is 6.04 Å². The Kier molecular flexibility index (Phi) is 4.11. The molecule has 1 atom stereocenters. The molecule has 2 aromatic rings. The van der Waals surface area contributed by atoms with E-state index in [0.717, 1.165) is 11.3 Å². The summed E-state index contributed by atoms with van der Waals surface area (Å²) in [5.41, 5.74) is 2.65. The zero-order valence-electron chi connectivity index (χ0n) is 11.4. The Hall–Kier alpha value is -2.67. The second kappa shape index (κ2) is 5.98. The van der Waals surface area contributed by atoms with Crippen molar-refractivity contribution in [1.29, 1.82) is 5.26 Å². The molecule has 0 aliphatic heterocycles. The van der Waals surface area contributed by atoms with E-state index >= 15 is 0 Å². The predicted molar refractivity (Wildman–Crippen MR) is 77.8 cm³/mol. The Morgan fingerprint density at radius 3 is 2.60 bits per heavy atom. The Bertz CT molecular complexity index is 647. The molecule has 2 rings (SSSR count). The van der Waals surface area contributed by atoms with Crippen LogP contribution in [0.3, 0.4) is 0 Å². The van der Waals surface area contributed by atoms with Gasteiger partial charge in [0.05, 0.1) is 13.2 Å². The van der Waals surface area contributed by atoms with Crippen LogP contribution in [0, 0.1) is 18.3 Å². The maximum atomic E-state index is 9.79. The topological polar surface area (TPSA) is 65.3 Å². The molecule has 2 N–H and O–H groups in total. The van der Waals surface area contributed by atoms with E-state index in [4.69, 9.17) is 4.74 Å². The molecular formula is C16H16N2O2. The number of ether oxygens (including phenoxy) is 1. The summed E-state index contributed by atoms with van der Waals surface area (Å²) in [6.45, 7) is 1.97. The van der Waals surface area contributed by atoms with Gasteiger partial charge in [0.15, 0.2) is 11.5 Å². The third-order valence-corrected chi connectivity index (χ3v) is 3.11. The average Bonchev–Trinajstić information content (AvgIpc) is 2.46. The number of para-hydroxylation sites is 1. The van der Waals surface area contributed by atoms with Crippen molar-refractivity contribution < 1.29 is 9.84 Å². The van der Waals surface area contributed by atoms with Crippen LogP contribution in [-0.2, 0) is 0 Å². The average molecular weight is 268 g/mol. The van der Waals surface area contributed by atoms with Gasteiger partial charge in [-0.15, -0.1) is 0 Å². The highest BCUT2D eigenvalue weighted by Crippen LogP contribution is 2.30. The third kappa shape index (κ3) is 2.83. The second-order valence-corrected chi connectivity index (χ2v) is 4.45. The van der Waals surface area contributed by atoms with Gasteiger partial charge in [-0.2, -0.15) is 5.26 Å². The lowest BCUT2D eigenvalue weighted by molar-refractivity contribution is 0.373. The molecule has 0 aliphatic carbocycles. The second-order valence-electron chi connectivity index (χ2n) is 4.45. The van der Waals surface area contributed by atoms with Gasteiger partial charge in [-0.1, -0.05) is 24.3 Å². The summed E-state index contributed by atoms with van der Waals surface area (Å²) in [5, 5.41) is 22.3. The summed E-state index contributed by atoms with van der Waals surface area (Å²) in [7, 11) is 1.49. The molecule has 102 valence electrons. The minimum Gasteiger partial charge on any atom is -0.504 e. The van der Waals surface area contributed by atoms with E-state index in [1.54, 1.807) is 12.1 Å². The number of phenolic OH excluding ortho intramolecular Hbond substituents is 1. The molecular weight excluding hydrogens is 252 g/mol. The van der Waals surface area contributed by atoms with Gasteiger partial charge < -0.3 is 15.2 Å². The number of rotatable bonds is 4. The molecule has 0 fully saturated rings. The summed E-state index contributed by atoms with van der Waals surface area (Å²) < 4.78 is 5.00. The molecule has 0 aliphatic rings. The van der Waals surface area contributed by atoms with E-state index < -0.39 is 6.04 Å². The van der Waals surface area contributed by atoms with Crippen LogP contribution < -0.4 is 10.1 Å². The monoisotopic (exact) mass is 268 g/mol. The van der Waals surface area contributed by atoms with E-state index in [2.05, 4.69) is 11.4 Å². The quantitative estimate of drug-likeness (QED) is 0.892. The number of methoxy groups -OCH3 is 1. The number of hydrogen-bond acceptors (Lipinski definition) is 4. The molecule has 2 aromatic carbocycles. The van der Waals surface area contributed by atoms with Crippen LogP contribution in [-0.4, -0.2) is 12.2 Å². The lowest BCUT2D eigenvalue weighted by Crippen LogP contribution is -2.09. The van der Waals surface area contributed by atoms with Crippen LogP contribution in [0.4, 0.5) is 5.69 Å². The van der Waals surface area contributed by atoms with Gasteiger partial charge in [-0.3, -0.25) is 0 Å². The van der Waals surface area contributed by atoms with Crippen LogP contribution in [0.2, 0.25) is 0 Å². The van der Waals surface area contributed by atoms with Gasteiger partial charge in [0, 0.05) is 5.69 Å². The first-order valence-electron chi connectivity index (χ1n) is 6.24. The predicted octanol–water partition coefficient (Wildman–Crippen LogP) is 3.39. The van der Waals surface area contributed by atoms with Gasteiger partial charge in [-0.25, -0.2) is 0 Å². The van der Waals surface area contributed by atoms with Crippen molar-refractivity contribution in [2.75, 3.05) is 12.4 Å². The molecule has 0 aromatic heterocycles. The van der Waals surface area contributed by atoms with Crippen molar-refractivity contribution >= 4 is 5.69 Å². The molecule has 4 nitrogen and oxygen atoms in total. The van der Waals surface area contributed by atoms with Crippen LogP contribution >= 0.6 is 0 Å². The van der Waals surface area contributed by atoms with Crippen molar-refractivity contribution in [3.8, 4) is 17.6 Å². The Balaban J connectivity index is 2.27. The van der Waals surface area contributed by atoms with Crippen molar-refractivity contribution in [2.45, 2.75) is 13.0 Å². The largest absolute Gasteiger partial charge is 0.504 e. The van der Waals surface area contributed by atoms with E-state index in [0.29, 0.717) is 11.3 Å². The molecule has 0 radical (unpaired) electrons. The maximum Gasteiger partial charge on any atom is 0.160 e. The fraction of sp³-hybridized carbons (Fsp3) is 0.188. The number of nitrogens with zero attached hydrogens (tertiary/aromatic N) is 1. The van der Waals surface area contributed by atoms with E-state index in [1.165, 1.54) is 13.2 Å². The first-order valence-corrected chi connectivity index (χ1v) is 6.24. The summed E-state index contributed by atoms with van der Waals surface area (Å²) in [5.74, 6) is 0.415. The summed E-state index contributed by atoms with van der Waals surface area (Å²) >= 11 is 0. The molecule has 4 heteroatoms. The zero-order chi connectivity index (χ0) is 14.5. The van der Waals surface area contributed by atoms with Crippen molar-refractivity contribution in [3.05, 3.63) is 53.6 Å². The zero-order valence-corrected chi connectivity index (χ0v) is 11.4. The van der Waals surface area contributed by atoms with Gasteiger partial charge >= 0.3 is 0 Å². The highest BCUT2D eigenvalue weighted by atomic mass is 16.5. The maximum absolute atomic E-state index is 9.79. The van der Waals surface area contributed by atoms with E-state index in [9.17, 15) is 10.4 Å². The van der Waals surface area contributed by atoms with Crippen LogP contribution in [0.15, 0.2) is 42.5 Å². The number of phenols is 1. The normalized spacial score (nSPS) is 11.4. The SMILES string of the molecule is COc1ccc(C(C#N)Nc2ccccc2C)cc1O. The Labute approximate surface area is 118 Å². The van der Waals surface area contributed by atoms with Crippen molar-refractivity contribution in [3.63, 3.8) is 0 Å². The molecule has 20 heavy (non-hydrogen) atoms. The number of aryl methyl sites for hydroxylation is 1. The van der Waals surface area contributed by atoms with Gasteiger partial charge in [-0.05, 0) is 36.2 Å². The summed E-state index contributed by atoms with van der Waals surface area (Å²) in [6.07, 6.45) is 0. The van der Waals surface area contributed by atoms with Crippen molar-refractivity contribution in [2.24, 2.45) is 0 Å². The minimum atomic E-state index is -0.534. The van der Waals surface area contributed by atoms with Gasteiger partial charge in [0.25, 0.3) is 0 Å². The first-order chi connectivity index (χ1) is 9.65. The van der Waals surface area contributed by atoms with Crippen molar-refractivity contribution in [1.82, 2.24) is 0 Å². The fourth-order valence-corrected chi connectivity index (χ4v) is 1.97. The van der Waals surface area contributed by atoms with Crippen LogP contribution in [0.5, 0.6) is 11.5 Å². The lowest BCUT2D eigenvalue weighted by atomic mass is 10.1. The first kappa shape index (κ1) is 13.8. The molecule has 0 spiro atoms. The Morgan fingerprint density at radius 1 is 1.25 bits per heavy atom. The molecule has 0 amide bonds. The molecule has 0 bridgehead atoms. The van der Waals surface area contributed by atoms with Gasteiger partial charge in [0.2, 0.25) is 0 Å². The number of anilines is 1. The summed E-state index contributed by atoms with van der Waals surface area (Å²) in [4.78, 5) is 0. The van der Waals surface area contributed by atoms with Crippen LogP contribution in [0.25, 0.3) is 0 Å². The number of aromatic hydroxyl groups is 1. The Morgan fingerprint density at radius 2 is 2.00 bits per heavy atom. The standard InChI is InChI=1S/C16H16N2O2/c1-11-5-3-4-6-13(11)18-14(10-17)12-7-8-16(20-2)15(19)9-12/h3-9,14,18-19H,1-2H3. The fourth-order valence-electron chi connectivity index (χ4n) is 1.97. The molecule has 0 saturated carbocycles. The van der Waals surface area contributed by atoms with E-state index in [-0.39, 0.29) is 5.75 Å². The molecule has 1 unspecified atom stereocenters. The smallest absolute Gasteiger partial charge is 0.160 e.